The lowest BCUT2D eigenvalue weighted by molar-refractivity contribution is 0.415. The van der Waals surface area contributed by atoms with Crippen LogP contribution in [0.3, 0.4) is 0 Å². The largest absolute Gasteiger partial charge is 0.497 e. The lowest BCUT2D eigenvalue weighted by atomic mass is 10.0. The van der Waals surface area contributed by atoms with Crippen molar-refractivity contribution >= 4 is 5.69 Å². The summed E-state index contributed by atoms with van der Waals surface area (Å²) in [6.07, 6.45) is 16.0. The predicted octanol–water partition coefficient (Wildman–Crippen LogP) is 8.02. The summed E-state index contributed by atoms with van der Waals surface area (Å²) in [5.41, 5.74) is 3.46. The molecule has 0 saturated heterocycles. The number of rotatable bonds is 15. The first-order chi connectivity index (χ1) is 14.0. The second-order valence-electron chi connectivity index (χ2n) is 9.74. The second-order valence-corrected chi connectivity index (χ2v) is 9.74. The van der Waals surface area contributed by atoms with Crippen LogP contribution < -0.4 is 9.64 Å². The minimum absolute atomic E-state index is 0.604. The van der Waals surface area contributed by atoms with Gasteiger partial charge < -0.3 is 9.64 Å². The minimum Gasteiger partial charge on any atom is -0.497 e. The summed E-state index contributed by atoms with van der Waals surface area (Å²) >= 11 is 0. The van der Waals surface area contributed by atoms with Gasteiger partial charge in [0, 0.05) is 18.8 Å². The normalized spacial score (nSPS) is 18.0. The van der Waals surface area contributed by atoms with E-state index in [1.807, 2.05) is 0 Å². The van der Waals surface area contributed by atoms with Crippen LogP contribution >= 0.6 is 0 Å². The van der Waals surface area contributed by atoms with Gasteiger partial charge in [0.2, 0.25) is 0 Å². The topological polar surface area (TPSA) is 12.5 Å². The highest BCUT2D eigenvalue weighted by atomic mass is 16.5. The Hall–Kier alpha value is -1.44. The van der Waals surface area contributed by atoms with E-state index in [1.165, 1.54) is 69.9 Å². The molecule has 2 rings (SSSR count). The van der Waals surface area contributed by atoms with E-state index < -0.39 is 0 Å². The van der Waals surface area contributed by atoms with Gasteiger partial charge in [-0.2, -0.15) is 0 Å². The molecule has 1 saturated carbocycles. The van der Waals surface area contributed by atoms with E-state index in [9.17, 15) is 0 Å². The molecule has 2 heteroatoms. The van der Waals surface area contributed by atoms with Crippen LogP contribution in [0.25, 0.3) is 0 Å². The molecule has 1 aliphatic carbocycles. The molecule has 0 aromatic heterocycles. The van der Waals surface area contributed by atoms with Crippen molar-refractivity contribution in [2.24, 2.45) is 11.3 Å². The number of hydrogen-bond acceptors (Lipinski definition) is 2. The highest BCUT2D eigenvalue weighted by molar-refractivity contribution is 5.49. The van der Waals surface area contributed by atoms with Gasteiger partial charge in [-0.25, -0.2) is 0 Å². The summed E-state index contributed by atoms with van der Waals surface area (Å²) < 4.78 is 5.34. The van der Waals surface area contributed by atoms with Gasteiger partial charge in [0.25, 0.3) is 0 Å². The molecule has 1 aromatic carbocycles. The Labute approximate surface area is 180 Å². The number of benzene rings is 1. The number of hydrogen-bond donors (Lipinski definition) is 0. The fraction of sp³-hybridized carbons (Fsp3) is 0.704. The minimum atomic E-state index is 0.604. The van der Waals surface area contributed by atoms with Crippen LogP contribution in [-0.4, -0.2) is 20.2 Å². The molecule has 29 heavy (non-hydrogen) atoms. The van der Waals surface area contributed by atoms with E-state index in [2.05, 4.69) is 62.9 Å². The standard InChI is InChI=1S/C27H45NO/c1-6-7-8-9-10-11-12-20-28(25-15-17-26(29-5)18-16-25)21-19-23(2)13-14-24-22-27(24,3)4/h15-19,24H,6-14,20-22H2,1-5H3/b23-19+. The number of anilines is 1. The zero-order valence-electron chi connectivity index (χ0n) is 19.8. The van der Waals surface area contributed by atoms with E-state index in [4.69, 9.17) is 4.74 Å². The number of nitrogens with zero attached hydrogens (tertiary/aromatic N) is 1. The van der Waals surface area contributed by atoms with E-state index in [0.717, 1.165) is 24.8 Å². The fourth-order valence-electron chi connectivity index (χ4n) is 4.22. The van der Waals surface area contributed by atoms with Gasteiger partial charge >= 0.3 is 0 Å². The van der Waals surface area contributed by atoms with Crippen molar-refractivity contribution in [1.82, 2.24) is 0 Å². The summed E-state index contributed by atoms with van der Waals surface area (Å²) in [7, 11) is 1.73. The summed E-state index contributed by atoms with van der Waals surface area (Å²) in [5, 5.41) is 0. The molecule has 1 atom stereocenters. The van der Waals surface area contributed by atoms with Gasteiger partial charge in [0.1, 0.15) is 5.75 Å². The van der Waals surface area contributed by atoms with E-state index in [-0.39, 0.29) is 0 Å². The van der Waals surface area contributed by atoms with Crippen LogP contribution in [0.15, 0.2) is 35.9 Å². The number of ether oxygens (including phenoxy) is 1. The molecular weight excluding hydrogens is 354 g/mol. The molecule has 0 N–H and O–H groups in total. The van der Waals surface area contributed by atoms with Crippen molar-refractivity contribution in [2.75, 3.05) is 25.1 Å². The Kier molecular flexibility index (Phi) is 10.1. The van der Waals surface area contributed by atoms with Crippen molar-refractivity contribution in [3.63, 3.8) is 0 Å². The van der Waals surface area contributed by atoms with Gasteiger partial charge in [-0.15, -0.1) is 0 Å². The highest BCUT2D eigenvalue weighted by Gasteiger charge is 2.44. The Morgan fingerprint density at radius 1 is 1.07 bits per heavy atom. The van der Waals surface area contributed by atoms with Crippen LogP contribution in [0.2, 0.25) is 0 Å². The fourth-order valence-corrected chi connectivity index (χ4v) is 4.22. The molecular formula is C27H45NO. The molecule has 0 heterocycles. The summed E-state index contributed by atoms with van der Waals surface area (Å²) in [5.74, 6) is 1.87. The third kappa shape index (κ3) is 8.84. The zero-order chi connectivity index (χ0) is 21.1. The second kappa shape index (κ2) is 12.3. The van der Waals surface area contributed by atoms with Crippen molar-refractivity contribution in [3.8, 4) is 5.75 Å². The Balaban J connectivity index is 1.83. The maximum Gasteiger partial charge on any atom is 0.119 e. The maximum absolute atomic E-state index is 5.34. The molecule has 164 valence electrons. The monoisotopic (exact) mass is 399 g/mol. The van der Waals surface area contributed by atoms with Gasteiger partial charge in [-0.1, -0.05) is 70.9 Å². The van der Waals surface area contributed by atoms with Crippen molar-refractivity contribution < 1.29 is 4.74 Å². The van der Waals surface area contributed by atoms with E-state index >= 15 is 0 Å². The number of unbranched alkanes of at least 4 members (excludes halogenated alkanes) is 6. The average molecular weight is 400 g/mol. The third-order valence-electron chi connectivity index (χ3n) is 6.73. The van der Waals surface area contributed by atoms with Crippen LogP contribution in [0.4, 0.5) is 5.69 Å². The average Bonchev–Trinajstić information content (AvgIpc) is 3.34. The predicted molar refractivity (Wildman–Crippen MR) is 128 cm³/mol. The summed E-state index contributed by atoms with van der Waals surface area (Å²) in [4.78, 5) is 2.54. The maximum atomic E-state index is 5.34. The molecule has 0 amide bonds. The van der Waals surface area contributed by atoms with Gasteiger partial charge in [0.05, 0.1) is 7.11 Å². The molecule has 0 bridgehead atoms. The molecule has 1 fully saturated rings. The van der Waals surface area contributed by atoms with Crippen molar-refractivity contribution in [1.29, 1.82) is 0 Å². The first-order valence-electron chi connectivity index (χ1n) is 12.0. The number of allylic oxidation sites excluding steroid dienone is 1. The van der Waals surface area contributed by atoms with Crippen molar-refractivity contribution in [3.05, 3.63) is 35.9 Å². The SMILES string of the molecule is CCCCCCCCCN(C/C=C(\C)CCC1CC1(C)C)c1ccc(OC)cc1. The molecule has 1 aliphatic rings. The van der Waals surface area contributed by atoms with E-state index in [1.54, 1.807) is 12.7 Å². The molecule has 1 aromatic rings. The summed E-state index contributed by atoms with van der Waals surface area (Å²) in [6.45, 7) is 11.6. The van der Waals surface area contributed by atoms with Crippen LogP contribution in [0.1, 0.15) is 91.9 Å². The Morgan fingerprint density at radius 2 is 1.69 bits per heavy atom. The van der Waals surface area contributed by atoms with Gasteiger partial charge in [0.15, 0.2) is 0 Å². The molecule has 1 unspecified atom stereocenters. The third-order valence-corrected chi connectivity index (χ3v) is 6.73. The van der Waals surface area contributed by atoms with Crippen LogP contribution in [-0.2, 0) is 0 Å². The van der Waals surface area contributed by atoms with Crippen molar-refractivity contribution in [2.45, 2.75) is 91.9 Å². The van der Waals surface area contributed by atoms with Crippen LogP contribution in [0, 0.1) is 11.3 Å². The van der Waals surface area contributed by atoms with E-state index in [0.29, 0.717) is 5.41 Å². The zero-order valence-corrected chi connectivity index (χ0v) is 19.8. The molecule has 0 spiro atoms. The molecule has 2 nitrogen and oxygen atoms in total. The highest BCUT2D eigenvalue weighted by Crippen LogP contribution is 2.54. The number of methoxy groups -OCH3 is 1. The smallest absolute Gasteiger partial charge is 0.119 e. The quantitative estimate of drug-likeness (QED) is 0.219. The summed E-state index contributed by atoms with van der Waals surface area (Å²) in [6, 6.07) is 8.57. The Bertz CT molecular complexity index is 601. The lowest BCUT2D eigenvalue weighted by Crippen LogP contribution is -2.24. The first-order valence-corrected chi connectivity index (χ1v) is 12.0. The molecule has 0 radical (unpaired) electrons. The molecule has 0 aliphatic heterocycles. The first kappa shape index (κ1) is 23.8. The van der Waals surface area contributed by atoms with Gasteiger partial charge in [-0.3, -0.25) is 0 Å². The Morgan fingerprint density at radius 3 is 2.28 bits per heavy atom. The van der Waals surface area contributed by atoms with Gasteiger partial charge in [-0.05, 0) is 68.2 Å². The van der Waals surface area contributed by atoms with Crippen LogP contribution in [0.5, 0.6) is 5.75 Å². The lowest BCUT2D eigenvalue weighted by Gasteiger charge is -2.24.